The molecule has 0 amide bonds. The first-order chi connectivity index (χ1) is 16.0. The van der Waals surface area contributed by atoms with Crippen LogP contribution in [-0.2, 0) is 9.59 Å². The van der Waals surface area contributed by atoms with E-state index in [4.69, 9.17) is 0 Å². The van der Waals surface area contributed by atoms with Crippen LogP contribution in [0.3, 0.4) is 0 Å². The summed E-state index contributed by atoms with van der Waals surface area (Å²) in [4.78, 5) is 28.1. The molecule has 2 N–H and O–H groups in total. The Hall–Kier alpha value is -3.10. The van der Waals surface area contributed by atoms with Crippen molar-refractivity contribution in [1.29, 1.82) is 0 Å². The van der Waals surface area contributed by atoms with E-state index in [1.54, 1.807) is 0 Å². The van der Waals surface area contributed by atoms with Crippen LogP contribution >= 0.6 is 11.3 Å². The lowest BCUT2D eigenvalue weighted by Gasteiger charge is -2.36. The van der Waals surface area contributed by atoms with Crippen molar-refractivity contribution in [2.75, 3.05) is 0 Å². The molecule has 4 rings (SSSR count). The van der Waals surface area contributed by atoms with Crippen molar-refractivity contribution in [1.82, 2.24) is 0 Å². The molecule has 0 saturated heterocycles. The van der Waals surface area contributed by atoms with E-state index >= 15 is 0 Å². The second-order valence-corrected chi connectivity index (χ2v) is 12.0. The van der Waals surface area contributed by atoms with Crippen molar-refractivity contribution in [3.8, 4) is 11.8 Å². The van der Waals surface area contributed by atoms with Crippen molar-refractivity contribution in [2.24, 2.45) is 10.8 Å². The van der Waals surface area contributed by atoms with Gasteiger partial charge in [0.25, 0.3) is 0 Å². The molecule has 4 nitrogen and oxygen atoms in total. The van der Waals surface area contributed by atoms with Gasteiger partial charge in [-0.15, -0.1) is 11.3 Å². The molecule has 0 fully saturated rings. The molecule has 1 heterocycles. The van der Waals surface area contributed by atoms with Gasteiger partial charge in [-0.1, -0.05) is 57.7 Å². The molecule has 0 atom stereocenters. The number of ketones is 2. The van der Waals surface area contributed by atoms with Crippen molar-refractivity contribution >= 4 is 22.9 Å². The van der Waals surface area contributed by atoms with Crippen LogP contribution in [0.25, 0.3) is 0 Å². The number of carbonyl (C=O) groups is 2. The van der Waals surface area contributed by atoms with E-state index in [1.807, 2.05) is 70.2 Å². The average Bonchev–Trinajstić information content (AvgIpc) is 3.18. The molecule has 2 aliphatic carbocycles. The van der Waals surface area contributed by atoms with Crippen molar-refractivity contribution in [3.63, 3.8) is 0 Å². The maximum atomic E-state index is 13.3. The van der Waals surface area contributed by atoms with Crippen molar-refractivity contribution in [2.45, 2.75) is 59.3 Å². The molecular weight excluding hydrogens is 444 g/mol. The Kier molecular flexibility index (Phi) is 6.31. The lowest BCUT2D eigenvalue weighted by atomic mass is 9.68. The fraction of sp³-hybridized carbons (Fsp3) is 0.379. The molecule has 34 heavy (non-hydrogen) atoms. The first kappa shape index (κ1) is 24.0. The van der Waals surface area contributed by atoms with E-state index in [0.717, 1.165) is 15.3 Å². The molecule has 2 aliphatic rings. The Bertz CT molecular complexity index is 1210. The highest BCUT2D eigenvalue weighted by Gasteiger charge is 2.44. The molecule has 0 unspecified atom stereocenters. The minimum absolute atomic E-state index is 0.00880. The van der Waals surface area contributed by atoms with Gasteiger partial charge in [0.2, 0.25) is 0 Å². The Morgan fingerprint density at radius 1 is 0.765 bits per heavy atom. The number of aliphatic hydroxyl groups is 2. The van der Waals surface area contributed by atoms with E-state index in [9.17, 15) is 19.8 Å². The smallest absolute Gasteiger partial charge is 0.163 e. The zero-order chi connectivity index (χ0) is 24.7. The average molecular weight is 475 g/mol. The van der Waals surface area contributed by atoms with Crippen molar-refractivity contribution in [3.05, 3.63) is 80.4 Å². The molecule has 0 bridgehead atoms. The zero-order valence-electron chi connectivity index (χ0n) is 20.1. The summed E-state index contributed by atoms with van der Waals surface area (Å²) in [6.07, 6.45) is 1.26. The quantitative estimate of drug-likeness (QED) is 0.489. The summed E-state index contributed by atoms with van der Waals surface area (Å²) in [6.45, 7) is 7.78. The van der Waals surface area contributed by atoms with E-state index in [1.165, 1.54) is 11.3 Å². The zero-order valence-corrected chi connectivity index (χ0v) is 20.9. The van der Waals surface area contributed by atoms with Gasteiger partial charge in [0, 0.05) is 47.3 Å². The Morgan fingerprint density at radius 2 is 1.29 bits per heavy atom. The number of carbonyl (C=O) groups excluding carboxylic acids is 2. The molecule has 0 aliphatic heterocycles. The molecule has 1 aromatic heterocycles. The van der Waals surface area contributed by atoms with Gasteiger partial charge in [0.15, 0.2) is 11.6 Å². The summed E-state index contributed by atoms with van der Waals surface area (Å²) in [5.41, 5.74) is 0.651. The van der Waals surface area contributed by atoms with Crippen LogP contribution in [0.5, 0.6) is 0 Å². The fourth-order valence-electron chi connectivity index (χ4n) is 4.92. The van der Waals surface area contributed by atoms with Crippen LogP contribution in [-0.4, -0.2) is 21.8 Å². The van der Waals surface area contributed by atoms with Gasteiger partial charge < -0.3 is 10.2 Å². The van der Waals surface area contributed by atoms with Gasteiger partial charge in [0.1, 0.15) is 11.5 Å². The van der Waals surface area contributed by atoms with Gasteiger partial charge in [-0.05, 0) is 35.1 Å². The Balaban J connectivity index is 1.82. The standard InChI is InChI=1S/C29H30O4S/c1-28(2)14-20(30)25(21(31)15-28)27(26-22(32)16-29(3,4)17-23(26)33)24-13-12-19(34-24)11-10-18-8-6-5-7-9-18/h5-9,12-13,27,30,32H,14-17H2,1-4H3. The SMILES string of the molecule is CC1(C)CC(=O)C(C(C2=C(O)CC(C)(C)CC2=O)c2ccc(C#Cc3ccccc3)s2)=C(O)C1. The number of thiophene rings is 1. The highest BCUT2D eigenvalue weighted by molar-refractivity contribution is 7.12. The van der Waals surface area contributed by atoms with E-state index in [-0.39, 0.29) is 57.9 Å². The minimum Gasteiger partial charge on any atom is -0.512 e. The highest BCUT2D eigenvalue weighted by atomic mass is 32.1. The molecule has 5 heteroatoms. The third-order valence-corrected chi connectivity index (χ3v) is 7.45. The fourth-order valence-corrected chi connectivity index (χ4v) is 5.90. The lowest BCUT2D eigenvalue weighted by molar-refractivity contribution is -0.119. The third-order valence-electron chi connectivity index (χ3n) is 6.39. The second kappa shape index (κ2) is 8.92. The lowest BCUT2D eigenvalue weighted by Crippen LogP contribution is -2.33. The summed E-state index contributed by atoms with van der Waals surface area (Å²) in [7, 11) is 0. The molecule has 0 saturated carbocycles. The number of hydrogen-bond acceptors (Lipinski definition) is 5. The predicted molar refractivity (Wildman–Crippen MR) is 135 cm³/mol. The van der Waals surface area contributed by atoms with Gasteiger partial charge in [-0.3, -0.25) is 9.59 Å². The number of aliphatic hydroxyl groups excluding tert-OH is 2. The maximum absolute atomic E-state index is 13.3. The largest absolute Gasteiger partial charge is 0.512 e. The van der Waals surface area contributed by atoms with Gasteiger partial charge in [0.05, 0.1) is 10.8 Å². The van der Waals surface area contributed by atoms with Crippen LogP contribution in [0.4, 0.5) is 0 Å². The van der Waals surface area contributed by atoms with Crippen LogP contribution < -0.4 is 0 Å². The molecule has 176 valence electrons. The molecular formula is C29H30O4S. The van der Waals surface area contributed by atoms with Gasteiger partial charge in [-0.25, -0.2) is 0 Å². The number of hydrogen-bond donors (Lipinski definition) is 2. The minimum atomic E-state index is -0.788. The van der Waals surface area contributed by atoms with Crippen LogP contribution in [0.15, 0.2) is 65.1 Å². The van der Waals surface area contributed by atoms with Crippen LogP contribution in [0.1, 0.15) is 74.6 Å². The highest BCUT2D eigenvalue weighted by Crippen LogP contribution is 2.49. The van der Waals surface area contributed by atoms with E-state index in [2.05, 4.69) is 11.8 Å². The van der Waals surface area contributed by atoms with Gasteiger partial charge >= 0.3 is 0 Å². The summed E-state index contributed by atoms with van der Waals surface area (Å²) in [6, 6.07) is 13.4. The topological polar surface area (TPSA) is 74.6 Å². The summed E-state index contributed by atoms with van der Waals surface area (Å²) >= 11 is 1.39. The Morgan fingerprint density at radius 3 is 1.79 bits per heavy atom. The molecule has 2 aromatic rings. The first-order valence-electron chi connectivity index (χ1n) is 11.5. The number of allylic oxidation sites excluding steroid dienone is 4. The monoisotopic (exact) mass is 474 g/mol. The summed E-state index contributed by atoms with van der Waals surface area (Å²) in [5, 5.41) is 22.0. The molecule has 0 radical (unpaired) electrons. The normalized spacial score (nSPS) is 19.9. The first-order valence-corrected chi connectivity index (χ1v) is 12.3. The summed E-state index contributed by atoms with van der Waals surface area (Å²) in [5.74, 6) is 5.16. The molecule has 1 aromatic carbocycles. The van der Waals surface area contributed by atoms with Crippen LogP contribution in [0, 0.1) is 22.7 Å². The van der Waals surface area contributed by atoms with E-state index < -0.39 is 5.92 Å². The van der Waals surface area contributed by atoms with E-state index in [0.29, 0.717) is 12.8 Å². The number of rotatable bonds is 3. The van der Waals surface area contributed by atoms with Gasteiger partial charge in [-0.2, -0.15) is 0 Å². The molecule has 0 spiro atoms. The predicted octanol–water partition coefficient (Wildman–Crippen LogP) is 6.63. The third kappa shape index (κ3) is 5.03. The number of benzene rings is 1. The second-order valence-electron chi connectivity index (χ2n) is 10.9. The number of Topliss-reactive ketones (excluding diaryl/α,β-unsaturated/α-hetero) is 2. The maximum Gasteiger partial charge on any atom is 0.163 e. The Labute approximate surface area is 205 Å². The van der Waals surface area contributed by atoms with Crippen molar-refractivity contribution < 1.29 is 19.8 Å². The summed E-state index contributed by atoms with van der Waals surface area (Å²) < 4.78 is 0. The van der Waals surface area contributed by atoms with Crippen LogP contribution in [0.2, 0.25) is 0 Å².